The Balaban J connectivity index is 1.42. The molecule has 10 nitrogen and oxygen atoms in total. The van der Waals surface area contributed by atoms with E-state index in [-0.39, 0.29) is 23.7 Å². The minimum absolute atomic E-state index is 0.155. The first kappa shape index (κ1) is 32.0. The fraction of sp³-hybridized carbons (Fsp3) is 0.514. The molecule has 0 aliphatic heterocycles. The molecule has 2 heterocycles. The number of oxazole rings is 1. The number of methoxy groups -OCH3 is 1. The second-order valence-electron chi connectivity index (χ2n) is 12.5. The van der Waals surface area contributed by atoms with E-state index in [0.717, 1.165) is 61.9 Å². The van der Waals surface area contributed by atoms with Crippen LogP contribution in [0.1, 0.15) is 101 Å². The predicted octanol–water partition coefficient (Wildman–Crippen LogP) is 7.11. The van der Waals surface area contributed by atoms with Crippen LogP contribution < -0.4 is 15.0 Å². The number of hydrogen-bond acceptors (Lipinski definition) is 8. The van der Waals surface area contributed by atoms with Gasteiger partial charge in [0.1, 0.15) is 18.0 Å². The first-order valence-electron chi connectivity index (χ1n) is 16.0. The SMILES string of the molecule is CNC(=O)OC1(C(=O)N(C[C@H]2CC[C@H](c3ccc(OC)c(C#N)n3)CC2)c2cccc(-c3coc(C(C)C)n3)c2)CCCCC1. The third-order valence-electron chi connectivity index (χ3n) is 9.17. The highest BCUT2D eigenvalue weighted by Gasteiger charge is 2.46. The number of alkyl carbamates (subject to hydrolysis) is 1. The number of amides is 2. The average molecular weight is 614 g/mol. The third-order valence-corrected chi connectivity index (χ3v) is 9.17. The number of nitrogens with one attached hydrogen (secondary N) is 1. The van der Waals surface area contributed by atoms with Crippen molar-refractivity contribution in [1.29, 1.82) is 5.26 Å². The van der Waals surface area contributed by atoms with Gasteiger partial charge in [0.2, 0.25) is 0 Å². The first-order valence-corrected chi connectivity index (χ1v) is 16.0. The number of carbonyl (C=O) groups is 2. The molecule has 0 saturated heterocycles. The van der Waals surface area contributed by atoms with Crippen LogP contribution in [0.15, 0.2) is 47.1 Å². The number of pyridine rings is 1. The van der Waals surface area contributed by atoms with Crippen LogP contribution in [0.4, 0.5) is 10.5 Å². The van der Waals surface area contributed by atoms with E-state index in [1.807, 2.05) is 55.1 Å². The molecule has 2 saturated carbocycles. The molecule has 2 aromatic heterocycles. The Morgan fingerprint density at radius 2 is 1.87 bits per heavy atom. The van der Waals surface area contributed by atoms with Gasteiger partial charge in [0.15, 0.2) is 22.9 Å². The largest absolute Gasteiger partial charge is 0.494 e. The molecule has 1 aromatic carbocycles. The first-order chi connectivity index (χ1) is 21.8. The number of anilines is 1. The Morgan fingerprint density at radius 1 is 1.11 bits per heavy atom. The van der Waals surface area contributed by atoms with Crippen LogP contribution in [0.5, 0.6) is 5.75 Å². The normalized spacial score (nSPS) is 19.4. The molecule has 238 valence electrons. The lowest BCUT2D eigenvalue weighted by molar-refractivity contribution is -0.140. The maximum Gasteiger partial charge on any atom is 0.407 e. The zero-order valence-electron chi connectivity index (χ0n) is 26.7. The highest BCUT2D eigenvalue weighted by Crippen LogP contribution is 2.40. The molecule has 5 rings (SSSR count). The minimum atomic E-state index is -1.22. The van der Waals surface area contributed by atoms with E-state index in [2.05, 4.69) is 21.4 Å². The van der Waals surface area contributed by atoms with Crippen molar-refractivity contribution in [3.63, 3.8) is 0 Å². The highest BCUT2D eigenvalue weighted by atomic mass is 16.6. The van der Waals surface area contributed by atoms with Crippen molar-refractivity contribution < 1.29 is 23.5 Å². The summed E-state index contributed by atoms with van der Waals surface area (Å²) in [5.74, 6) is 1.59. The van der Waals surface area contributed by atoms with Crippen molar-refractivity contribution in [1.82, 2.24) is 15.3 Å². The van der Waals surface area contributed by atoms with E-state index in [1.54, 1.807) is 6.26 Å². The Hall–Kier alpha value is -4.39. The van der Waals surface area contributed by atoms with Gasteiger partial charge in [0, 0.05) is 42.4 Å². The Morgan fingerprint density at radius 3 is 2.51 bits per heavy atom. The van der Waals surface area contributed by atoms with Gasteiger partial charge in [0.05, 0.1) is 7.11 Å². The fourth-order valence-corrected chi connectivity index (χ4v) is 6.61. The van der Waals surface area contributed by atoms with E-state index >= 15 is 0 Å². The maximum absolute atomic E-state index is 14.6. The van der Waals surface area contributed by atoms with Crippen LogP contribution in [0.2, 0.25) is 0 Å². The molecule has 3 aromatic rings. The molecule has 0 unspecified atom stereocenters. The number of rotatable bonds is 9. The van der Waals surface area contributed by atoms with Crippen molar-refractivity contribution in [3.05, 3.63) is 59.9 Å². The summed E-state index contributed by atoms with van der Waals surface area (Å²) in [6.07, 6.45) is 8.28. The van der Waals surface area contributed by atoms with Crippen LogP contribution in [-0.4, -0.2) is 48.3 Å². The number of nitriles is 1. The van der Waals surface area contributed by atoms with Crippen molar-refractivity contribution in [2.75, 3.05) is 25.6 Å². The molecular weight excluding hydrogens is 570 g/mol. The standard InChI is InChI=1S/C35H43N5O5/c1-23(2)32-39-30(22-44-32)26-9-8-10-27(19-26)40(33(41)35(45-34(42)37-3)17-6-5-7-18-35)21-24-11-13-25(14-12-24)28-15-16-31(43-4)29(20-36)38-28/h8-10,15-16,19,22-25H,5-7,11-14,17-18,21H2,1-4H3,(H,37,42)/t24-,25-. The number of ether oxygens (including phenoxy) is 2. The number of hydrogen-bond donors (Lipinski definition) is 1. The lowest BCUT2D eigenvalue weighted by Gasteiger charge is -2.40. The fourth-order valence-electron chi connectivity index (χ4n) is 6.61. The molecule has 2 aliphatic rings. The van der Waals surface area contributed by atoms with Crippen LogP contribution in [0, 0.1) is 17.2 Å². The smallest absolute Gasteiger partial charge is 0.407 e. The minimum Gasteiger partial charge on any atom is -0.494 e. The molecule has 0 bridgehead atoms. The summed E-state index contributed by atoms with van der Waals surface area (Å²) in [7, 11) is 3.06. The summed E-state index contributed by atoms with van der Waals surface area (Å²) in [4.78, 5) is 38.3. The molecule has 10 heteroatoms. The summed E-state index contributed by atoms with van der Waals surface area (Å²) in [5, 5.41) is 12.1. The zero-order chi connectivity index (χ0) is 32.0. The van der Waals surface area contributed by atoms with Gasteiger partial charge in [-0.05, 0) is 81.5 Å². The Labute approximate surface area is 265 Å². The number of nitrogens with zero attached hydrogens (tertiary/aromatic N) is 4. The van der Waals surface area contributed by atoms with Crippen LogP contribution >= 0.6 is 0 Å². The van der Waals surface area contributed by atoms with Crippen LogP contribution in [0.3, 0.4) is 0 Å². The Bertz CT molecular complexity index is 1530. The van der Waals surface area contributed by atoms with Gasteiger partial charge in [-0.15, -0.1) is 0 Å². The van der Waals surface area contributed by atoms with E-state index in [9.17, 15) is 14.9 Å². The quantitative estimate of drug-likeness (QED) is 0.270. The summed E-state index contributed by atoms with van der Waals surface area (Å²) >= 11 is 0. The van der Waals surface area contributed by atoms with Gasteiger partial charge in [-0.3, -0.25) is 4.79 Å². The van der Waals surface area contributed by atoms with Gasteiger partial charge in [-0.1, -0.05) is 32.4 Å². The Kier molecular flexibility index (Phi) is 10.1. The van der Waals surface area contributed by atoms with E-state index in [4.69, 9.17) is 13.9 Å². The topological polar surface area (TPSA) is 131 Å². The molecule has 2 fully saturated rings. The number of benzene rings is 1. The average Bonchev–Trinajstić information content (AvgIpc) is 3.58. The van der Waals surface area contributed by atoms with Gasteiger partial charge in [-0.2, -0.15) is 5.26 Å². The number of carbonyl (C=O) groups excluding carboxylic acids is 2. The molecule has 0 spiro atoms. The highest BCUT2D eigenvalue weighted by molar-refractivity contribution is 6.01. The van der Waals surface area contributed by atoms with E-state index in [0.29, 0.717) is 42.4 Å². The van der Waals surface area contributed by atoms with Gasteiger partial charge in [-0.25, -0.2) is 14.8 Å². The van der Waals surface area contributed by atoms with Crippen molar-refractivity contribution in [2.45, 2.75) is 89.1 Å². The summed E-state index contributed by atoms with van der Waals surface area (Å²) in [5.41, 5.74) is 2.30. The van der Waals surface area contributed by atoms with E-state index in [1.165, 1.54) is 14.2 Å². The van der Waals surface area contributed by atoms with Crippen molar-refractivity contribution >= 4 is 17.7 Å². The molecule has 0 radical (unpaired) electrons. The van der Waals surface area contributed by atoms with E-state index < -0.39 is 11.7 Å². The van der Waals surface area contributed by atoms with Crippen molar-refractivity contribution in [2.24, 2.45) is 5.92 Å². The van der Waals surface area contributed by atoms with Gasteiger partial charge >= 0.3 is 6.09 Å². The molecule has 2 aliphatic carbocycles. The van der Waals surface area contributed by atoms with Gasteiger partial charge < -0.3 is 24.1 Å². The summed E-state index contributed by atoms with van der Waals surface area (Å²) in [6.45, 7) is 4.57. The zero-order valence-corrected chi connectivity index (χ0v) is 26.7. The third kappa shape index (κ3) is 7.14. The number of aromatic nitrogens is 2. The second kappa shape index (κ2) is 14.1. The molecule has 2 amide bonds. The molecular formula is C35H43N5O5. The lowest BCUT2D eigenvalue weighted by Crippen LogP contribution is -2.55. The van der Waals surface area contributed by atoms with Gasteiger partial charge in [0.25, 0.3) is 5.91 Å². The van der Waals surface area contributed by atoms with Crippen molar-refractivity contribution in [3.8, 4) is 23.1 Å². The monoisotopic (exact) mass is 613 g/mol. The summed E-state index contributed by atoms with van der Waals surface area (Å²) < 4.78 is 16.9. The maximum atomic E-state index is 14.6. The summed E-state index contributed by atoms with van der Waals surface area (Å²) in [6, 6.07) is 13.7. The van der Waals surface area contributed by atoms with Crippen LogP contribution in [-0.2, 0) is 9.53 Å². The molecule has 45 heavy (non-hydrogen) atoms. The second-order valence-corrected chi connectivity index (χ2v) is 12.5. The lowest BCUT2D eigenvalue weighted by atomic mass is 9.79. The predicted molar refractivity (Wildman–Crippen MR) is 170 cm³/mol. The molecule has 0 atom stereocenters. The van der Waals surface area contributed by atoms with Crippen LogP contribution in [0.25, 0.3) is 11.3 Å². The molecule has 1 N–H and O–H groups in total.